The number of amides is 3. The van der Waals surface area contributed by atoms with Crippen LogP contribution in [0.2, 0.25) is 0 Å². The molecule has 0 atom stereocenters. The maximum Gasteiger partial charge on any atom is 0.267 e. The van der Waals surface area contributed by atoms with Crippen LogP contribution in [-0.4, -0.2) is 40.0 Å². The maximum absolute atomic E-state index is 13.6. The van der Waals surface area contributed by atoms with E-state index in [4.69, 9.17) is 12.2 Å². The average molecular weight is 514 g/mol. The Morgan fingerprint density at radius 2 is 1.58 bits per heavy atom. The quantitative estimate of drug-likeness (QED) is 0.379. The number of benzene rings is 3. The van der Waals surface area contributed by atoms with Crippen molar-refractivity contribution in [3.05, 3.63) is 100 Å². The lowest BCUT2D eigenvalue weighted by molar-refractivity contribution is -0.122. The van der Waals surface area contributed by atoms with Crippen LogP contribution < -0.4 is 10.2 Å². The number of anilines is 2. The van der Waals surface area contributed by atoms with Gasteiger partial charge in [-0.05, 0) is 37.1 Å². The van der Waals surface area contributed by atoms with Gasteiger partial charge in [0.1, 0.15) is 10.9 Å². The topological polar surface area (TPSA) is 69.7 Å². The van der Waals surface area contributed by atoms with E-state index in [1.165, 1.54) is 4.90 Å². The minimum atomic E-state index is -0.376. The van der Waals surface area contributed by atoms with Gasteiger partial charge < -0.3 is 5.32 Å². The lowest BCUT2D eigenvalue weighted by Crippen LogP contribution is -2.35. The lowest BCUT2D eigenvalue weighted by Gasteiger charge is -2.17. The number of rotatable bonds is 6. The molecule has 3 aromatic rings. The molecule has 1 N–H and O–H groups in total. The molecule has 0 radical (unpaired) electrons. The summed E-state index contributed by atoms with van der Waals surface area (Å²) in [6.45, 7) is 2.24. The molecule has 0 unspecified atom stereocenters. The van der Waals surface area contributed by atoms with E-state index in [9.17, 15) is 14.4 Å². The number of carbonyl (C=O) groups is 3. The Morgan fingerprint density at radius 3 is 2.33 bits per heavy atom. The van der Waals surface area contributed by atoms with E-state index in [2.05, 4.69) is 5.32 Å². The molecule has 1 saturated heterocycles. The number of hydrogen-bond acceptors (Lipinski definition) is 5. The third kappa shape index (κ3) is 4.69. The van der Waals surface area contributed by atoms with Gasteiger partial charge >= 0.3 is 0 Å². The van der Waals surface area contributed by atoms with E-state index in [-0.39, 0.29) is 24.3 Å². The van der Waals surface area contributed by atoms with Crippen LogP contribution in [-0.2, 0) is 20.8 Å². The fourth-order valence-electron chi connectivity index (χ4n) is 4.27. The molecule has 2 aliphatic rings. The molecule has 180 valence electrons. The molecule has 0 spiro atoms. The van der Waals surface area contributed by atoms with Gasteiger partial charge in [-0.25, -0.2) is 0 Å². The largest absolute Gasteiger partial charge is 0.325 e. The first-order valence-corrected chi connectivity index (χ1v) is 12.7. The highest BCUT2D eigenvalue weighted by atomic mass is 32.2. The molecule has 8 heteroatoms. The van der Waals surface area contributed by atoms with Crippen LogP contribution in [0, 0.1) is 6.92 Å². The monoisotopic (exact) mass is 513 g/mol. The third-order valence-electron chi connectivity index (χ3n) is 6.10. The number of nitrogens with zero attached hydrogens (tertiary/aromatic N) is 2. The number of hydrogen-bond donors (Lipinski definition) is 1. The summed E-state index contributed by atoms with van der Waals surface area (Å²) in [6.07, 6.45) is 0.658. The smallest absolute Gasteiger partial charge is 0.267 e. The van der Waals surface area contributed by atoms with Crippen LogP contribution in [0.1, 0.15) is 16.7 Å². The molecule has 2 aliphatic heterocycles. The molecule has 3 aromatic carbocycles. The normalized spacial score (nSPS) is 17.1. The Morgan fingerprint density at radius 1 is 0.889 bits per heavy atom. The number of aryl methyl sites for hydroxylation is 1. The van der Waals surface area contributed by atoms with Gasteiger partial charge in [-0.15, -0.1) is 0 Å². The highest BCUT2D eigenvalue weighted by Gasteiger charge is 2.42. The summed E-state index contributed by atoms with van der Waals surface area (Å²) < 4.78 is 0.430. The second kappa shape index (κ2) is 10.1. The van der Waals surface area contributed by atoms with Crippen LogP contribution in [0.25, 0.3) is 5.57 Å². The zero-order valence-electron chi connectivity index (χ0n) is 19.6. The predicted octanol–water partition coefficient (Wildman–Crippen LogP) is 4.79. The van der Waals surface area contributed by atoms with Crippen LogP contribution in [0.15, 0.2) is 83.8 Å². The predicted molar refractivity (Wildman–Crippen MR) is 148 cm³/mol. The molecule has 0 aromatic heterocycles. The molecule has 0 bridgehead atoms. The molecular formula is C28H23N3O3S2. The highest BCUT2D eigenvalue weighted by molar-refractivity contribution is 8.26. The van der Waals surface area contributed by atoms with Crippen molar-refractivity contribution in [2.24, 2.45) is 0 Å². The second-order valence-electron chi connectivity index (χ2n) is 8.59. The highest BCUT2D eigenvalue weighted by Crippen LogP contribution is 2.44. The summed E-state index contributed by atoms with van der Waals surface area (Å²) in [6, 6.07) is 24.5. The molecule has 5 rings (SSSR count). The average Bonchev–Trinajstić information content (AvgIpc) is 3.31. The number of carbonyl (C=O) groups excluding carboxylic acids is 3. The van der Waals surface area contributed by atoms with Crippen molar-refractivity contribution in [3.8, 4) is 0 Å². The van der Waals surface area contributed by atoms with E-state index in [0.29, 0.717) is 44.7 Å². The van der Waals surface area contributed by atoms with E-state index in [1.807, 2.05) is 73.7 Å². The van der Waals surface area contributed by atoms with E-state index < -0.39 is 0 Å². The summed E-state index contributed by atoms with van der Waals surface area (Å²) in [5.41, 5.74) is 4.38. The van der Waals surface area contributed by atoms with Crippen LogP contribution in [0.5, 0.6) is 0 Å². The first-order valence-electron chi connectivity index (χ1n) is 11.5. The summed E-state index contributed by atoms with van der Waals surface area (Å²) in [5, 5.41) is 2.84. The van der Waals surface area contributed by atoms with E-state index in [0.717, 1.165) is 22.9 Å². The summed E-state index contributed by atoms with van der Waals surface area (Å²) in [4.78, 5) is 43.1. The second-order valence-corrected chi connectivity index (χ2v) is 10.2. The van der Waals surface area contributed by atoms with Crippen molar-refractivity contribution in [1.82, 2.24) is 4.90 Å². The summed E-state index contributed by atoms with van der Waals surface area (Å²) >= 11 is 6.65. The van der Waals surface area contributed by atoms with Gasteiger partial charge in [0.05, 0.1) is 16.2 Å². The number of thioether (sulfide) groups is 1. The number of para-hydroxylation sites is 1. The molecule has 0 saturated carbocycles. The van der Waals surface area contributed by atoms with Crippen LogP contribution >= 0.6 is 24.0 Å². The van der Waals surface area contributed by atoms with Crippen molar-refractivity contribution in [3.63, 3.8) is 0 Å². The van der Waals surface area contributed by atoms with Crippen molar-refractivity contribution in [2.45, 2.75) is 13.3 Å². The Labute approximate surface area is 219 Å². The Bertz CT molecular complexity index is 1400. The zero-order valence-corrected chi connectivity index (χ0v) is 21.2. The third-order valence-corrected chi connectivity index (χ3v) is 7.55. The van der Waals surface area contributed by atoms with Crippen molar-refractivity contribution >= 4 is 63.0 Å². The van der Waals surface area contributed by atoms with Gasteiger partial charge in [0.15, 0.2) is 0 Å². The van der Waals surface area contributed by atoms with Crippen molar-refractivity contribution in [1.29, 1.82) is 0 Å². The van der Waals surface area contributed by atoms with Gasteiger partial charge in [-0.3, -0.25) is 24.2 Å². The van der Waals surface area contributed by atoms with Crippen molar-refractivity contribution in [2.75, 3.05) is 23.3 Å². The number of fused-ring (bicyclic) bond motifs is 1. The molecular weight excluding hydrogens is 490 g/mol. The van der Waals surface area contributed by atoms with E-state index in [1.54, 1.807) is 17.0 Å². The molecule has 36 heavy (non-hydrogen) atoms. The fourth-order valence-corrected chi connectivity index (χ4v) is 5.65. The van der Waals surface area contributed by atoms with Gasteiger partial charge in [0.2, 0.25) is 5.91 Å². The fraction of sp³-hybridized carbons (Fsp3) is 0.143. The number of thiocarbonyl (C=S) groups is 1. The lowest BCUT2D eigenvalue weighted by atomic mass is 10.1. The first-order chi connectivity index (χ1) is 17.4. The first kappa shape index (κ1) is 24.0. The molecule has 1 fully saturated rings. The molecule has 2 heterocycles. The molecule has 6 nitrogen and oxygen atoms in total. The van der Waals surface area contributed by atoms with Crippen LogP contribution in [0.3, 0.4) is 0 Å². The minimum absolute atomic E-state index is 0.165. The van der Waals surface area contributed by atoms with Gasteiger partial charge in [0, 0.05) is 17.8 Å². The van der Waals surface area contributed by atoms with E-state index >= 15 is 0 Å². The van der Waals surface area contributed by atoms with Crippen LogP contribution in [0.4, 0.5) is 11.4 Å². The zero-order chi connectivity index (χ0) is 25.2. The Kier molecular flexibility index (Phi) is 6.71. The SMILES string of the molecule is Cc1ccc(NC(=O)CN2C(=O)C(=C3SC(=S)N(CCc4ccccc4)C3=O)c3ccccc32)cc1. The number of nitrogens with one attached hydrogen (secondary N) is 1. The minimum Gasteiger partial charge on any atom is -0.325 e. The summed E-state index contributed by atoms with van der Waals surface area (Å²) in [7, 11) is 0. The Hall–Kier alpha value is -3.75. The van der Waals surface area contributed by atoms with Gasteiger partial charge in [0.25, 0.3) is 11.8 Å². The molecule has 0 aliphatic carbocycles. The van der Waals surface area contributed by atoms with Crippen molar-refractivity contribution < 1.29 is 14.4 Å². The standard InChI is InChI=1S/C28H23N3O3S2/c1-18-11-13-20(14-12-18)29-23(32)17-31-22-10-6-5-9-21(22)24(26(31)33)25-27(34)30(28(35)36-25)16-15-19-7-3-2-4-8-19/h2-14H,15-17H2,1H3,(H,29,32). The van der Waals surface area contributed by atoms with Gasteiger partial charge in [-0.2, -0.15) is 0 Å². The molecule has 3 amide bonds. The Balaban J connectivity index is 1.39. The van der Waals surface area contributed by atoms with Gasteiger partial charge in [-0.1, -0.05) is 90.2 Å². The summed E-state index contributed by atoms with van der Waals surface area (Å²) in [5.74, 6) is -0.970. The maximum atomic E-state index is 13.6.